The highest BCUT2D eigenvalue weighted by atomic mass is 16.5. The van der Waals surface area contributed by atoms with Gasteiger partial charge in [-0.1, -0.05) is 24.3 Å². The van der Waals surface area contributed by atoms with Crippen molar-refractivity contribution in [1.82, 2.24) is 0 Å². The molecule has 0 aromatic heterocycles. The molecule has 2 N–H and O–H groups in total. The Morgan fingerprint density at radius 1 is 0.762 bits per heavy atom. The Balaban J connectivity index is 2.30. The minimum atomic E-state index is -0.179. The highest BCUT2D eigenvalue weighted by Gasteiger charge is 2.09. The van der Waals surface area contributed by atoms with Crippen LogP contribution in [-0.2, 0) is 9.59 Å². The topological polar surface area (TPSA) is 67.4 Å². The van der Waals surface area contributed by atoms with E-state index >= 15 is 0 Å². The highest BCUT2D eigenvalue weighted by Crippen LogP contribution is 2.33. The van der Waals surface area contributed by atoms with Crippen molar-refractivity contribution in [1.29, 1.82) is 0 Å². The van der Waals surface area contributed by atoms with Gasteiger partial charge in [-0.25, -0.2) is 0 Å². The molecular weight excluding hydrogens is 268 g/mol. The molecule has 0 heterocycles. The second-order valence-corrected chi connectivity index (χ2v) is 4.46. The second kappa shape index (κ2) is 6.56. The van der Waals surface area contributed by atoms with Crippen LogP contribution in [0.15, 0.2) is 48.5 Å². The molecule has 5 heteroatoms. The molecule has 0 radical (unpaired) electrons. The number of hydrogen-bond donors (Lipinski definition) is 2. The van der Waals surface area contributed by atoms with Gasteiger partial charge in [-0.05, 0) is 24.3 Å². The van der Waals surface area contributed by atoms with Gasteiger partial charge in [-0.3, -0.25) is 9.59 Å². The summed E-state index contributed by atoms with van der Waals surface area (Å²) >= 11 is 0. The molecule has 2 aromatic rings. The Hall–Kier alpha value is -2.82. The van der Waals surface area contributed by atoms with Crippen molar-refractivity contribution >= 4 is 23.2 Å². The van der Waals surface area contributed by atoms with Gasteiger partial charge in [0.2, 0.25) is 11.8 Å². The minimum absolute atomic E-state index is 0.179. The van der Waals surface area contributed by atoms with E-state index in [1.807, 2.05) is 12.1 Å². The number of carbonyl (C=O) groups excluding carboxylic acids is 2. The van der Waals surface area contributed by atoms with Gasteiger partial charge in [0.15, 0.2) is 11.5 Å². The van der Waals surface area contributed by atoms with Crippen LogP contribution in [0.3, 0.4) is 0 Å². The van der Waals surface area contributed by atoms with Crippen LogP contribution < -0.4 is 15.4 Å². The maximum Gasteiger partial charge on any atom is 0.221 e. The van der Waals surface area contributed by atoms with E-state index in [1.165, 1.54) is 13.8 Å². The van der Waals surface area contributed by atoms with Gasteiger partial charge in [0.05, 0.1) is 11.4 Å². The Labute approximate surface area is 122 Å². The molecule has 0 aliphatic heterocycles. The average molecular weight is 284 g/mol. The van der Waals surface area contributed by atoms with Crippen LogP contribution >= 0.6 is 0 Å². The summed E-state index contributed by atoms with van der Waals surface area (Å²) in [6.07, 6.45) is 0. The van der Waals surface area contributed by atoms with Crippen molar-refractivity contribution in [2.24, 2.45) is 0 Å². The van der Waals surface area contributed by atoms with E-state index in [4.69, 9.17) is 4.74 Å². The summed E-state index contributed by atoms with van der Waals surface area (Å²) in [5.41, 5.74) is 1.14. The van der Waals surface area contributed by atoms with Crippen molar-refractivity contribution in [3.05, 3.63) is 48.5 Å². The van der Waals surface area contributed by atoms with Crippen LogP contribution in [0, 0.1) is 0 Å². The summed E-state index contributed by atoms with van der Waals surface area (Å²) in [6.45, 7) is 2.87. The third kappa shape index (κ3) is 4.07. The molecule has 0 fully saturated rings. The fraction of sp³-hybridized carbons (Fsp3) is 0.125. The van der Waals surface area contributed by atoms with E-state index < -0.39 is 0 Å². The van der Waals surface area contributed by atoms with Crippen LogP contribution in [-0.4, -0.2) is 11.8 Å². The molecule has 108 valence electrons. The first-order valence-electron chi connectivity index (χ1n) is 6.47. The Morgan fingerprint density at radius 2 is 1.14 bits per heavy atom. The molecule has 0 spiro atoms. The van der Waals surface area contributed by atoms with Gasteiger partial charge >= 0.3 is 0 Å². The van der Waals surface area contributed by atoms with Crippen LogP contribution in [0.4, 0.5) is 11.4 Å². The highest BCUT2D eigenvalue weighted by molar-refractivity contribution is 5.91. The average Bonchev–Trinajstić information content (AvgIpc) is 2.42. The Kier molecular flexibility index (Phi) is 4.56. The molecule has 0 saturated heterocycles. The van der Waals surface area contributed by atoms with Gasteiger partial charge in [0.25, 0.3) is 0 Å². The zero-order valence-corrected chi connectivity index (χ0v) is 11.8. The number of anilines is 2. The van der Waals surface area contributed by atoms with Gasteiger partial charge in [0, 0.05) is 13.8 Å². The van der Waals surface area contributed by atoms with E-state index in [0.29, 0.717) is 22.9 Å². The third-order valence-corrected chi connectivity index (χ3v) is 2.62. The van der Waals surface area contributed by atoms with E-state index in [-0.39, 0.29) is 11.8 Å². The summed E-state index contributed by atoms with van der Waals surface area (Å²) in [5, 5.41) is 5.41. The fourth-order valence-electron chi connectivity index (χ4n) is 1.82. The summed E-state index contributed by atoms with van der Waals surface area (Å²) in [7, 11) is 0. The van der Waals surface area contributed by atoms with Gasteiger partial charge in [-0.15, -0.1) is 0 Å². The molecule has 0 saturated carbocycles. The summed E-state index contributed by atoms with van der Waals surface area (Å²) < 4.78 is 5.81. The van der Waals surface area contributed by atoms with Crippen LogP contribution in [0.25, 0.3) is 0 Å². The van der Waals surface area contributed by atoms with E-state index in [2.05, 4.69) is 10.6 Å². The molecule has 2 rings (SSSR count). The van der Waals surface area contributed by atoms with Crippen molar-refractivity contribution in [3.63, 3.8) is 0 Å². The Bertz CT molecular complexity index is 611. The lowest BCUT2D eigenvalue weighted by molar-refractivity contribution is -0.115. The second-order valence-electron chi connectivity index (χ2n) is 4.46. The molecule has 2 aromatic carbocycles. The molecular formula is C16H16N2O3. The summed E-state index contributed by atoms with van der Waals surface area (Å²) in [6, 6.07) is 14.2. The molecule has 0 aliphatic carbocycles. The molecule has 5 nitrogen and oxygen atoms in total. The van der Waals surface area contributed by atoms with Crippen molar-refractivity contribution in [2.75, 3.05) is 10.6 Å². The quantitative estimate of drug-likeness (QED) is 0.904. The zero-order valence-electron chi connectivity index (χ0n) is 11.8. The summed E-state index contributed by atoms with van der Waals surface area (Å²) in [4.78, 5) is 22.4. The standard InChI is InChI=1S/C16H16N2O3/c1-11(19)17-13-7-3-5-9-15(13)21-16-10-6-4-8-14(16)18-12(2)20/h3-10H,1-2H3,(H,17,19)(H,18,20). The molecule has 0 unspecified atom stereocenters. The molecule has 0 aliphatic rings. The van der Waals surface area contributed by atoms with Crippen LogP contribution in [0.2, 0.25) is 0 Å². The minimum Gasteiger partial charge on any atom is -0.453 e. The number of amides is 2. The molecule has 0 atom stereocenters. The fourth-order valence-corrected chi connectivity index (χ4v) is 1.82. The number of hydrogen-bond acceptors (Lipinski definition) is 3. The van der Waals surface area contributed by atoms with Crippen LogP contribution in [0.5, 0.6) is 11.5 Å². The molecule has 2 amide bonds. The SMILES string of the molecule is CC(=O)Nc1ccccc1Oc1ccccc1NC(C)=O. The summed E-state index contributed by atoms with van der Waals surface area (Å²) in [5.74, 6) is 0.651. The number of carbonyl (C=O) groups is 2. The molecule has 0 bridgehead atoms. The van der Waals surface area contributed by atoms with E-state index in [0.717, 1.165) is 0 Å². The number of rotatable bonds is 4. The largest absolute Gasteiger partial charge is 0.453 e. The maximum atomic E-state index is 11.2. The smallest absolute Gasteiger partial charge is 0.221 e. The lowest BCUT2D eigenvalue weighted by atomic mass is 10.2. The number of para-hydroxylation sites is 4. The van der Waals surface area contributed by atoms with Crippen molar-refractivity contribution in [3.8, 4) is 11.5 Å². The van der Waals surface area contributed by atoms with Crippen molar-refractivity contribution < 1.29 is 14.3 Å². The van der Waals surface area contributed by atoms with Gasteiger partial charge in [0.1, 0.15) is 0 Å². The van der Waals surface area contributed by atoms with Crippen LogP contribution in [0.1, 0.15) is 13.8 Å². The number of ether oxygens (including phenoxy) is 1. The number of nitrogens with one attached hydrogen (secondary N) is 2. The first-order chi connectivity index (χ1) is 10.1. The maximum absolute atomic E-state index is 11.2. The first-order valence-corrected chi connectivity index (χ1v) is 6.47. The molecule has 21 heavy (non-hydrogen) atoms. The normalized spacial score (nSPS) is 9.81. The third-order valence-electron chi connectivity index (χ3n) is 2.62. The number of benzene rings is 2. The monoisotopic (exact) mass is 284 g/mol. The van der Waals surface area contributed by atoms with E-state index in [1.54, 1.807) is 36.4 Å². The van der Waals surface area contributed by atoms with Gasteiger partial charge < -0.3 is 15.4 Å². The lowest BCUT2D eigenvalue weighted by Crippen LogP contribution is -2.08. The zero-order chi connectivity index (χ0) is 15.2. The van der Waals surface area contributed by atoms with Crippen molar-refractivity contribution in [2.45, 2.75) is 13.8 Å². The first kappa shape index (κ1) is 14.6. The predicted octanol–water partition coefficient (Wildman–Crippen LogP) is 3.40. The van der Waals surface area contributed by atoms with Gasteiger partial charge in [-0.2, -0.15) is 0 Å². The predicted molar refractivity (Wildman–Crippen MR) is 81.6 cm³/mol. The van der Waals surface area contributed by atoms with E-state index in [9.17, 15) is 9.59 Å². The Morgan fingerprint density at radius 3 is 1.52 bits per heavy atom. The lowest BCUT2D eigenvalue weighted by Gasteiger charge is -2.14.